The number of rotatable bonds is 42. The monoisotopic (exact) mass is 785 g/mol. The van der Waals surface area contributed by atoms with Gasteiger partial charge in [0.1, 0.15) is 6.61 Å². The van der Waals surface area contributed by atoms with E-state index in [0.29, 0.717) is 12.8 Å². The molecule has 0 amide bonds. The standard InChI is InChI=1S/C45H85O8P/c1-4-7-9-11-13-15-17-19-21-23-25-27-29-31-33-35-37-39-44(46)50-41-43(42-52-54(48,49)51-6-3)53-45(47)40-38-36-34-32-30-28-26-24-22-20-18-16-14-12-10-8-5-2/h14,16,20,22,43H,4-13,15,17-19,21,23-42H2,1-3H3,(H,48,49)/b16-14-,22-20-. The molecular weight excluding hydrogens is 699 g/mol. The fourth-order valence-corrected chi connectivity index (χ4v) is 7.18. The van der Waals surface area contributed by atoms with E-state index in [1.807, 2.05) is 0 Å². The van der Waals surface area contributed by atoms with Crippen LogP contribution >= 0.6 is 7.82 Å². The third-order valence-corrected chi connectivity index (χ3v) is 10.8. The van der Waals surface area contributed by atoms with Crippen molar-refractivity contribution in [2.24, 2.45) is 0 Å². The van der Waals surface area contributed by atoms with Crippen LogP contribution in [-0.2, 0) is 32.7 Å². The van der Waals surface area contributed by atoms with Gasteiger partial charge in [-0.05, 0) is 51.9 Å². The van der Waals surface area contributed by atoms with Crippen LogP contribution in [0.2, 0.25) is 0 Å². The second kappa shape index (κ2) is 41.2. The van der Waals surface area contributed by atoms with Crippen molar-refractivity contribution in [1.29, 1.82) is 0 Å². The molecular formula is C45H85O8P. The Bertz CT molecular complexity index is 937. The molecule has 0 aromatic rings. The van der Waals surface area contributed by atoms with Gasteiger partial charge in [0.25, 0.3) is 0 Å². The molecule has 0 heterocycles. The lowest BCUT2D eigenvalue weighted by molar-refractivity contribution is -0.161. The van der Waals surface area contributed by atoms with E-state index in [-0.39, 0.29) is 25.6 Å². The first-order valence-corrected chi connectivity index (χ1v) is 24.1. The van der Waals surface area contributed by atoms with Crippen LogP contribution in [0.3, 0.4) is 0 Å². The summed E-state index contributed by atoms with van der Waals surface area (Å²) in [6.07, 6.45) is 45.1. The largest absolute Gasteiger partial charge is 0.472 e. The van der Waals surface area contributed by atoms with Gasteiger partial charge in [-0.2, -0.15) is 0 Å². The molecule has 2 unspecified atom stereocenters. The van der Waals surface area contributed by atoms with Crippen molar-refractivity contribution < 1.29 is 37.6 Å². The first-order chi connectivity index (χ1) is 26.3. The smallest absolute Gasteiger partial charge is 0.462 e. The zero-order valence-corrected chi connectivity index (χ0v) is 36.3. The van der Waals surface area contributed by atoms with E-state index in [1.165, 1.54) is 135 Å². The van der Waals surface area contributed by atoms with E-state index < -0.39 is 26.5 Å². The molecule has 0 aliphatic carbocycles. The van der Waals surface area contributed by atoms with Crippen LogP contribution in [0.4, 0.5) is 0 Å². The van der Waals surface area contributed by atoms with Crippen LogP contribution in [0, 0.1) is 0 Å². The number of hydrogen-bond acceptors (Lipinski definition) is 7. The van der Waals surface area contributed by atoms with Crippen LogP contribution < -0.4 is 0 Å². The summed E-state index contributed by atoms with van der Waals surface area (Å²) >= 11 is 0. The van der Waals surface area contributed by atoms with Gasteiger partial charge in [-0.1, -0.05) is 186 Å². The molecule has 0 saturated heterocycles. The highest BCUT2D eigenvalue weighted by Gasteiger charge is 2.25. The van der Waals surface area contributed by atoms with Gasteiger partial charge in [0.15, 0.2) is 6.10 Å². The third-order valence-electron chi connectivity index (χ3n) is 9.76. The predicted molar refractivity (Wildman–Crippen MR) is 226 cm³/mol. The lowest BCUT2D eigenvalue weighted by atomic mass is 10.0. The van der Waals surface area contributed by atoms with Crippen molar-refractivity contribution in [3.63, 3.8) is 0 Å². The molecule has 0 aromatic carbocycles. The van der Waals surface area contributed by atoms with Gasteiger partial charge in [0.05, 0.1) is 13.2 Å². The van der Waals surface area contributed by atoms with Gasteiger partial charge in [-0.15, -0.1) is 0 Å². The maximum absolute atomic E-state index is 12.6. The molecule has 54 heavy (non-hydrogen) atoms. The molecule has 318 valence electrons. The molecule has 0 radical (unpaired) electrons. The number of esters is 2. The zero-order valence-electron chi connectivity index (χ0n) is 35.4. The Morgan fingerprint density at radius 2 is 0.889 bits per heavy atom. The minimum atomic E-state index is -4.28. The third kappa shape index (κ3) is 40.2. The van der Waals surface area contributed by atoms with Gasteiger partial charge < -0.3 is 14.4 Å². The lowest BCUT2D eigenvalue weighted by Gasteiger charge is -2.19. The summed E-state index contributed by atoms with van der Waals surface area (Å²) in [6, 6.07) is 0. The molecule has 8 nitrogen and oxygen atoms in total. The number of ether oxygens (including phenoxy) is 2. The fraction of sp³-hybridized carbons (Fsp3) is 0.867. The molecule has 9 heteroatoms. The van der Waals surface area contributed by atoms with E-state index in [9.17, 15) is 19.0 Å². The van der Waals surface area contributed by atoms with E-state index in [0.717, 1.165) is 51.4 Å². The Kier molecular flexibility index (Phi) is 40.1. The summed E-state index contributed by atoms with van der Waals surface area (Å²) in [7, 11) is -4.28. The molecule has 0 bridgehead atoms. The minimum absolute atomic E-state index is 0.000742. The Hall–Kier alpha value is -1.47. The first kappa shape index (κ1) is 52.5. The van der Waals surface area contributed by atoms with Gasteiger partial charge in [0, 0.05) is 12.8 Å². The zero-order chi connectivity index (χ0) is 39.6. The molecule has 1 N–H and O–H groups in total. The summed E-state index contributed by atoms with van der Waals surface area (Å²) in [5, 5.41) is 0. The highest BCUT2D eigenvalue weighted by Crippen LogP contribution is 2.43. The Labute approximate surface area is 333 Å². The second-order valence-electron chi connectivity index (χ2n) is 15.1. The molecule has 0 rings (SSSR count). The SMILES string of the molecule is CCCCC/C=C\C/C=C\CCCCCCCCCC(=O)OC(COC(=O)CCCCCCCCCCCCCCCCCCC)COP(=O)(O)OCC. The summed E-state index contributed by atoms with van der Waals surface area (Å²) in [5.41, 5.74) is 0. The summed E-state index contributed by atoms with van der Waals surface area (Å²) < 4.78 is 32.7. The second-order valence-corrected chi connectivity index (χ2v) is 16.5. The number of unbranched alkanes of at least 4 members (excludes halogenated alkanes) is 26. The quantitative estimate of drug-likeness (QED) is 0.0282. The van der Waals surface area contributed by atoms with Crippen molar-refractivity contribution in [2.45, 2.75) is 232 Å². The van der Waals surface area contributed by atoms with Gasteiger partial charge >= 0.3 is 19.8 Å². The highest BCUT2D eigenvalue weighted by molar-refractivity contribution is 7.47. The van der Waals surface area contributed by atoms with E-state index in [2.05, 4.69) is 38.2 Å². The van der Waals surface area contributed by atoms with Crippen molar-refractivity contribution in [1.82, 2.24) is 0 Å². The van der Waals surface area contributed by atoms with Crippen molar-refractivity contribution >= 4 is 19.8 Å². The van der Waals surface area contributed by atoms with Crippen LogP contribution in [0.5, 0.6) is 0 Å². The van der Waals surface area contributed by atoms with E-state index >= 15 is 0 Å². The maximum atomic E-state index is 12.6. The number of allylic oxidation sites excluding steroid dienone is 4. The summed E-state index contributed by atoms with van der Waals surface area (Å²) in [4.78, 5) is 34.8. The summed E-state index contributed by atoms with van der Waals surface area (Å²) in [6.45, 7) is 5.47. The molecule has 0 saturated carbocycles. The average Bonchev–Trinajstić information content (AvgIpc) is 3.15. The van der Waals surface area contributed by atoms with E-state index in [4.69, 9.17) is 18.5 Å². The van der Waals surface area contributed by atoms with Crippen LogP contribution in [0.1, 0.15) is 226 Å². The average molecular weight is 785 g/mol. The van der Waals surface area contributed by atoms with Gasteiger partial charge in [-0.3, -0.25) is 18.6 Å². The van der Waals surface area contributed by atoms with Gasteiger partial charge in [-0.25, -0.2) is 4.57 Å². The van der Waals surface area contributed by atoms with Crippen molar-refractivity contribution in [3.8, 4) is 0 Å². The number of carbonyl (C=O) groups excluding carboxylic acids is 2. The molecule has 0 aliphatic heterocycles. The van der Waals surface area contributed by atoms with Crippen LogP contribution in [-0.4, -0.2) is 42.8 Å². The van der Waals surface area contributed by atoms with Gasteiger partial charge in [0.2, 0.25) is 0 Å². The number of phosphoric ester groups is 1. The topological polar surface area (TPSA) is 108 Å². The number of carbonyl (C=O) groups is 2. The van der Waals surface area contributed by atoms with Crippen LogP contribution in [0.15, 0.2) is 24.3 Å². The van der Waals surface area contributed by atoms with E-state index in [1.54, 1.807) is 6.92 Å². The Morgan fingerprint density at radius 1 is 0.500 bits per heavy atom. The minimum Gasteiger partial charge on any atom is -0.462 e. The fourth-order valence-electron chi connectivity index (χ4n) is 6.43. The summed E-state index contributed by atoms with van der Waals surface area (Å²) in [5.74, 6) is -0.796. The number of phosphoric acid groups is 1. The molecule has 0 spiro atoms. The highest BCUT2D eigenvalue weighted by atomic mass is 31.2. The Balaban J connectivity index is 4.04. The lowest BCUT2D eigenvalue weighted by Crippen LogP contribution is -2.29. The molecule has 0 aromatic heterocycles. The molecule has 0 fully saturated rings. The number of hydrogen-bond donors (Lipinski definition) is 1. The molecule has 2 atom stereocenters. The van der Waals surface area contributed by atoms with Crippen molar-refractivity contribution in [3.05, 3.63) is 24.3 Å². The Morgan fingerprint density at radius 3 is 1.35 bits per heavy atom. The predicted octanol–water partition coefficient (Wildman–Crippen LogP) is 14.2. The maximum Gasteiger partial charge on any atom is 0.472 e. The first-order valence-electron chi connectivity index (χ1n) is 22.6. The molecule has 0 aliphatic rings. The normalized spacial score (nSPS) is 13.5. The van der Waals surface area contributed by atoms with Crippen LogP contribution in [0.25, 0.3) is 0 Å². The van der Waals surface area contributed by atoms with Crippen molar-refractivity contribution in [2.75, 3.05) is 19.8 Å².